The molecule has 2 fully saturated rings. The molecule has 15 heteroatoms. The number of halogens is 4. The summed E-state index contributed by atoms with van der Waals surface area (Å²) in [4.78, 5) is 23.8. The van der Waals surface area contributed by atoms with Crippen LogP contribution in [-0.4, -0.2) is 72.3 Å². The zero-order chi connectivity index (χ0) is 24.3. The Morgan fingerprint density at radius 2 is 1.81 bits per heavy atom. The lowest BCUT2D eigenvalue weighted by Gasteiger charge is -2.18. The second-order valence-corrected chi connectivity index (χ2v) is 8.85. The van der Waals surface area contributed by atoms with Gasteiger partial charge in [-0.2, -0.15) is 17.5 Å². The van der Waals surface area contributed by atoms with E-state index >= 15 is 0 Å². The number of nitrogens with two attached hydrogens (primary N) is 1. The number of nitrogens with zero attached hydrogens (tertiary/aromatic N) is 2. The minimum absolute atomic E-state index is 0.00751. The van der Waals surface area contributed by atoms with Crippen molar-refractivity contribution in [1.82, 2.24) is 9.29 Å². The standard InChI is InChI=1S/C15H18FN3O5S.C2HF3O2/c16-3-9(4-17)8-24-13-2-1-10(5-18-13)25(22,23)19-6-11-12(7-19)14(11)15(20)21;3-2(4,5)1(6)7/h1-3,5,11-12,14H,4,6-8,17H2,(H,20,21);(H,6,7)/b9-3-;/t11-,12-;/m1./s1. The van der Waals surface area contributed by atoms with Gasteiger partial charge in [0.25, 0.3) is 0 Å². The predicted octanol–water partition coefficient (Wildman–Crippen LogP) is 0.857. The van der Waals surface area contributed by atoms with E-state index in [4.69, 9.17) is 25.5 Å². The quantitative estimate of drug-likeness (QED) is 0.476. The maximum atomic E-state index is 12.6. The highest BCUT2D eigenvalue weighted by atomic mass is 32.2. The summed E-state index contributed by atoms with van der Waals surface area (Å²) in [7, 11) is -3.72. The second kappa shape index (κ2) is 9.79. The highest BCUT2D eigenvalue weighted by Crippen LogP contribution is 2.52. The molecule has 3 rings (SSSR count). The van der Waals surface area contributed by atoms with Crippen LogP contribution in [-0.2, 0) is 19.6 Å². The fourth-order valence-corrected chi connectivity index (χ4v) is 4.57. The second-order valence-electron chi connectivity index (χ2n) is 6.91. The Labute approximate surface area is 179 Å². The van der Waals surface area contributed by atoms with Crippen LogP contribution in [0.25, 0.3) is 0 Å². The molecule has 2 atom stereocenters. The van der Waals surface area contributed by atoms with Crippen LogP contribution in [0.3, 0.4) is 0 Å². The fraction of sp³-hybridized carbons (Fsp3) is 0.471. The van der Waals surface area contributed by atoms with E-state index in [1.807, 2.05) is 0 Å². The van der Waals surface area contributed by atoms with E-state index < -0.39 is 34.1 Å². The first-order valence-electron chi connectivity index (χ1n) is 8.93. The smallest absolute Gasteiger partial charge is 0.481 e. The molecule has 1 aromatic rings. The largest absolute Gasteiger partial charge is 0.490 e. The molecular weight excluding hydrogens is 466 g/mol. The Morgan fingerprint density at radius 1 is 1.25 bits per heavy atom. The van der Waals surface area contributed by atoms with Crippen molar-refractivity contribution < 1.29 is 50.5 Å². The number of ether oxygens (including phenoxy) is 1. The first-order valence-corrected chi connectivity index (χ1v) is 10.4. The van der Waals surface area contributed by atoms with Crippen molar-refractivity contribution >= 4 is 22.0 Å². The summed E-state index contributed by atoms with van der Waals surface area (Å²) in [5.41, 5.74) is 5.56. The molecule has 1 saturated heterocycles. The Morgan fingerprint density at radius 3 is 2.19 bits per heavy atom. The van der Waals surface area contributed by atoms with Crippen molar-refractivity contribution in [2.75, 3.05) is 26.2 Å². The van der Waals surface area contributed by atoms with Crippen molar-refractivity contribution in [3.05, 3.63) is 30.2 Å². The van der Waals surface area contributed by atoms with Gasteiger partial charge < -0.3 is 20.7 Å². The van der Waals surface area contributed by atoms with Crippen molar-refractivity contribution in [3.63, 3.8) is 0 Å². The van der Waals surface area contributed by atoms with Crippen LogP contribution >= 0.6 is 0 Å². The molecular formula is C17H19F4N3O7S. The molecule has 178 valence electrons. The third-order valence-corrected chi connectivity index (χ3v) is 6.67. The average molecular weight is 485 g/mol. The van der Waals surface area contributed by atoms with Gasteiger partial charge in [0, 0.05) is 31.3 Å². The molecule has 0 unspecified atom stereocenters. The number of pyridine rings is 1. The van der Waals surface area contributed by atoms with Crippen LogP contribution in [0.1, 0.15) is 0 Å². The number of fused-ring (bicyclic) bond motifs is 1. The van der Waals surface area contributed by atoms with Crippen molar-refractivity contribution in [1.29, 1.82) is 0 Å². The summed E-state index contributed by atoms with van der Waals surface area (Å²) >= 11 is 0. The number of rotatable bonds is 7. The number of piperidine rings is 1. The molecule has 32 heavy (non-hydrogen) atoms. The number of aromatic nitrogens is 1. The highest BCUT2D eigenvalue weighted by Gasteiger charge is 2.61. The zero-order valence-corrected chi connectivity index (χ0v) is 17.0. The summed E-state index contributed by atoms with van der Waals surface area (Å²) < 4.78 is 75.8. The van der Waals surface area contributed by atoms with Crippen molar-refractivity contribution in [2.24, 2.45) is 23.5 Å². The van der Waals surface area contributed by atoms with E-state index in [9.17, 15) is 30.8 Å². The monoisotopic (exact) mass is 485 g/mol. The van der Waals surface area contributed by atoms with Crippen LogP contribution < -0.4 is 10.5 Å². The van der Waals surface area contributed by atoms with Gasteiger partial charge in [-0.05, 0) is 17.9 Å². The first kappa shape index (κ1) is 25.5. The minimum atomic E-state index is -5.08. The lowest BCUT2D eigenvalue weighted by atomic mass is 10.3. The predicted molar refractivity (Wildman–Crippen MR) is 98.5 cm³/mol. The number of hydrogen-bond donors (Lipinski definition) is 3. The number of sulfonamides is 1. The summed E-state index contributed by atoms with van der Waals surface area (Å²) in [6.07, 6.45) is -3.55. The topological polar surface area (TPSA) is 160 Å². The molecule has 2 heterocycles. The number of carbonyl (C=O) groups is 2. The Balaban J connectivity index is 0.000000451. The summed E-state index contributed by atoms with van der Waals surface area (Å²) in [5, 5.41) is 16.1. The normalized spacial score (nSPS) is 23.0. The van der Waals surface area contributed by atoms with Crippen LogP contribution in [0.2, 0.25) is 0 Å². The van der Waals surface area contributed by atoms with E-state index in [1.165, 1.54) is 22.6 Å². The van der Waals surface area contributed by atoms with Crippen LogP contribution in [0, 0.1) is 17.8 Å². The lowest BCUT2D eigenvalue weighted by molar-refractivity contribution is -0.192. The Hall–Kier alpha value is -2.78. The van der Waals surface area contributed by atoms with Gasteiger partial charge in [0.15, 0.2) is 0 Å². The van der Waals surface area contributed by atoms with Crippen molar-refractivity contribution in [3.8, 4) is 5.88 Å². The van der Waals surface area contributed by atoms with Gasteiger partial charge in [-0.15, -0.1) is 0 Å². The number of hydrogen-bond acceptors (Lipinski definition) is 7. The minimum Gasteiger partial charge on any atom is -0.481 e. The van der Waals surface area contributed by atoms with Gasteiger partial charge in [-0.25, -0.2) is 22.6 Å². The summed E-state index contributed by atoms with van der Waals surface area (Å²) in [5.74, 6) is -4.11. The van der Waals surface area contributed by atoms with Gasteiger partial charge in [-0.3, -0.25) is 4.79 Å². The van der Waals surface area contributed by atoms with Gasteiger partial charge in [0.05, 0.1) is 18.4 Å². The number of alkyl halides is 3. The van der Waals surface area contributed by atoms with Gasteiger partial charge >= 0.3 is 18.1 Å². The molecule has 0 spiro atoms. The van der Waals surface area contributed by atoms with E-state index in [-0.39, 0.29) is 54.4 Å². The van der Waals surface area contributed by atoms with E-state index in [2.05, 4.69) is 4.98 Å². The van der Waals surface area contributed by atoms with Crippen LogP contribution in [0.5, 0.6) is 5.88 Å². The Bertz CT molecular complexity index is 971. The molecule has 0 bridgehead atoms. The molecule has 2 aliphatic rings. The maximum absolute atomic E-state index is 12.6. The summed E-state index contributed by atoms with van der Waals surface area (Å²) in [6, 6.07) is 2.74. The molecule has 4 N–H and O–H groups in total. The van der Waals surface area contributed by atoms with Gasteiger partial charge in [0.1, 0.15) is 11.5 Å². The SMILES string of the molecule is NC/C(=C/F)COc1ccc(S(=O)(=O)N2C[C@H]3C(C(=O)O)[C@@H]3C2)cn1.O=C(O)C(F)(F)F. The number of aliphatic carboxylic acids is 2. The number of carboxylic acid groups (broad SMARTS) is 2. The molecule has 0 radical (unpaired) electrons. The van der Waals surface area contributed by atoms with Gasteiger partial charge in [0.2, 0.25) is 15.9 Å². The average Bonchev–Trinajstić information content (AvgIpc) is 3.23. The van der Waals surface area contributed by atoms with E-state index in [1.54, 1.807) is 0 Å². The molecule has 1 aromatic heterocycles. The molecule has 0 aromatic carbocycles. The maximum Gasteiger partial charge on any atom is 0.490 e. The number of carboxylic acids is 2. The first-order chi connectivity index (χ1) is 14.8. The zero-order valence-electron chi connectivity index (χ0n) is 16.2. The van der Waals surface area contributed by atoms with Gasteiger partial charge in [-0.1, -0.05) is 0 Å². The van der Waals surface area contributed by atoms with Crippen LogP contribution in [0.15, 0.2) is 35.1 Å². The third kappa shape index (κ3) is 5.92. The lowest BCUT2D eigenvalue weighted by Crippen LogP contribution is -2.32. The summed E-state index contributed by atoms with van der Waals surface area (Å²) in [6.45, 7) is 0.364. The van der Waals surface area contributed by atoms with Crippen molar-refractivity contribution in [2.45, 2.75) is 11.1 Å². The fourth-order valence-electron chi connectivity index (χ4n) is 3.11. The molecule has 0 amide bonds. The van der Waals surface area contributed by atoms with Crippen LogP contribution in [0.4, 0.5) is 17.6 Å². The molecule has 1 aliphatic heterocycles. The molecule has 10 nitrogen and oxygen atoms in total. The Kier molecular flexibility index (Phi) is 7.79. The van der Waals surface area contributed by atoms with E-state index in [0.717, 1.165) is 0 Å². The van der Waals surface area contributed by atoms with E-state index in [0.29, 0.717) is 6.33 Å². The highest BCUT2D eigenvalue weighted by molar-refractivity contribution is 7.89. The molecule has 1 aliphatic carbocycles. The third-order valence-electron chi connectivity index (χ3n) is 4.86. The molecule has 1 saturated carbocycles.